The van der Waals surface area contributed by atoms with Crippen LogP contribution in [-0.2, 0) is 9.78 Å². The quantitative estimate of drug-likeness (QED) is 0.311. The van der Waals surface area contributed by atoms with Crippen molar-refractivity contribution in [1.29, 1.82) is 0 Å². The lowest BCUT2D eigenvalue weighted by atomic mass is 9.81. The maximum Gasteiger partial charge on any atom is 0.303 e. The normalized spacial score (nSPS) is 35.5. The summed E-state index contributed by atoms with van der Waals surface area (Å²) in [5.74, 6) is 0. The van der Waals surface area contributed by atoms with Gasteiger partial charge in [0.2, 0.25) is 5.60 Å². The van der Waals surface area contributed by atoms with Crippen molar-refractivity contribution in [3.05, 3.63) is 5.53 Å². The third-order valence-corrected chi connectivity index (χ3v) is 2.70. The topological polar surface area (TPSA) is 54.9 Å². The van der Waals surface area contributed by atoms with E-state index in [-0.39, 0.29) is 5.60 Å². The molecule has 1 saturated carbocycles. The second-order valence-corrected chi connectivity index (χ2v) is 3.40. The van der Waals surface area contributed by atoms with E-state index in [4.69, 9.17) is 15.3 Å². The monoisotopic (exact) mass is 168 g/mol. The van der Waals surface area contributed by atoms with E-state index >= 15 is 0 Å². The second kappa shape index (κ2) is 2.98. The standard InChI is InChI=1S/C8H12N2O2/c9-10-7-3-1-2-4-8(7)5-6-11-12-8/h1-6H2. The molecule has 0 N–H and O–H groups in total. The summed E-state index contributed by atoms with van der Waals surface area (Å²) in [6.07, 6.45) is 4.80. The van der Waals surface area contributed by atoms with E-state index in [1.807, 2.05) is 0 Å². The molecule has 2 aliphatic rings. The first-order chi connectivity index (χ1) is 5.87. The molecule has 1 aliphatic carbocycles. The van der Waals surface area contributed by atoms with Crippen molar-refractivity contribution in [2.24, 2.45) is 0 Å². The molecule has 0 aromatic rings. The molecule has 1 saturated heterocycles. The van der Waals surface area contributed by atoms with Crippen molar-refractivity contribution in [3.63, 3.8) is 0 Å². The van der Waals surface area contributed by atoms with Crippen LogP contribution in [0.15, 0.2) is 0 Å². The second-order valence-electron chi connectivity index (χ2n) is 3.40. The van der Waals surface area contributed by atoms with Gasteiger partial charge in [-0.3, -0.25) is 0 Å². The first-order valence-electron chi connectivity index (χ1n) is 4.39. The van der Waals surface area contributed by atoms with Gasteiger partial charge in [0.15, 0.2) is 0 Å². The van der Waals surface area contributed by atoms with E-state index in [1.165, 1.54) is 0 Å². The minimum Gasteiger partial charge on any atom is -0.361 e. The highest BCUT2D eigenvalue weighted by molar-refractivity contribution is 5.88. The molecule has 0 radical (unpaired) electrons. The van der Waals surface area contributed by atoms with Crippen molar-refractivity contribution >= 4 is 5.71 Å². The molecule has 66 valence electrons. The van der Waals surface area contributed by atoms with Crippen molar-refractivity contribution in [2.75, 3.05) is 6.61 Å². The lowest BCUT2D eigenvalue weighted by Crippen LogP contribution is -2.41. The van der Waals surface area contributed by atoms with Gasteiger partial charge in [-0.1, -0.05) is 0 Å². The van der Waals surface area contributed by atoms with Crippen molar-refractivity contribution < 1.29 is 14.6 Å². The van der Waals surface area contributed by atoms with E-state index in [9.17, 15) is 0 Å². The maximum absolute atomic E-state index is 8.77. The third-order valence-electron chi connectivity index (χ3n) is 2.70. The summed E-state index contributed by atoms with van der Waals surface area (Å²) in [5, 5.41) is 0. The van der Waals surface area contributed by atoms with E-state index < -0.39 is 0 Å². The first kappa shape index (κ1) is 7.92. The minimum absolute atomic E-state index is 0.382. The average molecular weight is 168 g/mol. The summed E-state index contributed by atoms with van der Waals surface area (Å²) in [6.45, 7) is 0.610. The Morgan fingerprint density at radius 1 is 1.33 bits per heavy atom. The Balaban J connectivity index is 2.24. The van der Waals surface area contributed by atoms with Gasteiger partial charge < -0.3 is 5.53 Å². The Morgan fingerprint density at radius 3 is 2.92 bits per heavy atom. The van der Waals surface area contributed by atoms with Gasteiger partial charge in [0.25, 0.3) is 0 Å². The number of nitrogens with zero attached hydrogens (tertiary/aromatic N) is 2. The van der Waals surface area contributed by atoms with Crippen LogP contribution in [0.2, 0.25) is 0 Å². The highest BCUT2D eigenvalue weighted by atomic mass is 17.2. The van der Waals surface area contributed by atoms with Crippen molar-refractivity contribution in [2.45, 2.75) is 37.7 Å². The minimum atomic E-state index is -0.382. The summed E-state index contributed by atoms with van der Waals surface area (Å²) in [6, 6.07) is 0. The molecule has 1 spiro atoms. The third kappa shape index (κ3) is 1.08. The number of hydrogen-bond acceptors (Lipinski definition) is 2. The summed E-state index contributed by atoms with van der Waals surface area (Å²) in [4.78, 5) is 13.4. The number of rotatable bonds is 0. The molecule has 1 atom stereocenters. The predicted molar refractivity (Wildman–Crippen MR) is 41.5 cm³/mol. The highest BCUT2D eigenvalue weighted by Gasteiger charge is 2.49. The molecule has 0 aromatic heterocycles. The SMILES string of the molecule is [N-]=[N+]=C1CCCCC12CCOO2. The average Bonchev–Trinajstić information content (AvgIpc) is 2.55. The molecule has 1 aliphatic heterocycles. The first-order valence-corrected chi connectivity index (χ1v) is 4.39. The van der Waals surface area contributed by atoms with Crippen molar-refractivity contribution in [3.8, 4) is 0 Å². The van der Waals surface area contributed by atoms with Crippen LogP contribution in [-0.4, -0.2) is 22.7 Å². The summed E-state index contributed by atoms with van der Waals surface area (Å²) >= 11 is 0. The molecule has 2 fully saturated rings. The van der Waals surface area contributed by atoms with Gasteiger partial charge in [-0.15, -0.1) is 0 Å². The summed E-state index contributed by atoms with van der Waals surface area (Å²) in [7, 11) is 0. The van der Waals surface area contributed by atoms with Gasteiger partial charge in [-0.25, -0.2) is 9.78 Å². The Kier molecular flexibility index (Phi) is 1.97. The molecule has 2 rings (SSSR count). The Morgan fingerprint density at radius 2 is 2.25 bits per heavy atom. The maximum atomic E-state index is 8.77. The summed E-state index contributed by atoms with van der Waals surface area (Å²) in [5.41, 5.74) is 9.14. The van der Waals surface area contributed by atoms with Crippen LogP contribution in [0.1, 0.15) is 32.1 Å². The molecule has 4 nitrogen and oxygen atoms in total. The zero-order valence-corrected chi connectivity index (χ0v) is 6.95. The highest BCUT2D eigenvalue weighted by Crippen LogP contribution is 2.35. The van der Waals surface area contributed by atoms with Gasteiger partial charge >= 0.3 is 5.71 Å². The molecule has 0 amide bonds. The smallest absolute Gasteiger partial charge is 0.303 e. The largest absolute Gasteiger partial charge is 0.361 e. The van der Waals surface area contributed by atoms with Gasteiger partial charge in [-0.2, -0.15) is 4.79 Å². The van der Waals surface area contributed by atoms with Gasteiger partial charge in [0, 0.05) is 12.8 Å². The molecule has 1 heterocycles. The van der Waals surface area contributed by atoms with Crippen LogP contribution in [0.25, 0.3) is 5.53 Å². The lowest BCUT2D eigenvalue weighted by Gasteiger charge is -2.24. The van der Waals surface area contributed by atoms with Crippen LogP contribution < -0.4 is 0 Å². The molecular formula is C8H12N2O2. The van der Waals surface area contributed by atoms with Gasteiger partial charge in [0.1, 0.15) is 0 Å². The van der Waals surface area contributed by atoms with E-state index in [2.05, 4.69) is 4.79 Å². The van der Waals surface area contributed by atoms with Crippen LogP contribution in [0, 0.1) is 0 Å². The Labute approximate surface area is 71.0 Å². The fourth-order valence-corrected chi connectivity index (χ4v) is 1.98. The zero-order chi connectivity index (χ0) is 8.44. The molecule has 12 heavy (non-hydrogen) atoms. The Bertz CT molecular complexity index is 227. The molecule has 1 unspecified atom stereocenters. The fourth-order valence-electron chi connectivity index (χ4n) is 1.98. The van der Waals surface area contributed by atoms with Gasteiger partial charge in [-0.05, 0) is 19.3 Å². The summed E-state index contributed by atoms with van der Waals surface area (Å²) < 4.78 is 0. The lowest BCUT2D eigenvalue weighted by molar-refractivity contribution is -0.298. The molecular weight excluding hydrogens is 156 g/mol. The van der Waals surface area contributed by atoms with Crippen LogP contribution >= 0.6 is 0 Å². The van der Waals surface area contributed by atoms with E-state index in [1.54, 1.807) is 0 Å². The van der Waals surface area contributed by atoms with E-state index in [0.29, 0.717) is 6.61 Å². The molecule has 4 heteroatoms. The molecule has 0 aromatic carbocycles. The number of hydrogen-bond donors (Lipinski definition) is 0. The van der Waals surface area contributed by atoms with Crippen LogP contribution in [0.4, 0.5) is 0 Å². The van der Waals surface area contributed by atoms with Crippen LogP contribution in [0.3, 0.4) is 0 Å². The van der Waals surface area contributed by atoms with E-state index in [0.717, 1.165) is 37.8 Å². The van der Waals surface area contributed by atoms with Gasteiger partial charge in [0.05, 0.1) is 6.61 Å². The van der Waals surface area contributed by atoms with Crippen molar-refractivity contribution in [1.82, 2.24) is 0 Å². The molecule has 0 bridgehead atoms. The Hall–Kier alpha value is -0.700. The van der Waals surface area contributed by atoms with Crippen LogP contribution in [0.5, 0.6) is 0 Å². The fraction of sp³-hybridized carbons (Fsp3) is 0.875. The zero-order valence-electron chi connectivity index (χ0n) is 6.95. The predicted octanol–water partition coefficient (Wildman–Crippen LogP) is 1.32.